The molecule has 0 bridgehead atoms. The average Bonchev–Trinajstić information content (AvgIpc) is 2.98. The lowest BCUT2D eigenvalue weighted by molar-refractivity contribution is -0.150. The van der Waals surface area contributed by atoms with Gasteiger partial charge < -0.3 is 15.3 Å². The van der Waals surface area contributed by atoms with E-state index in [9.17, 15) is 29.7 Å². The number of carbonyl (C=O) groups excluding carboxylic acids is 2. The highest BCUT2D eigenvalue weighted by Crippen LogP contribution is 2.67. The summed E-state index contributed by atoms with van der Waals surface area (Å²) in [5.41, 5.74) is 0.383. The molecule has 3 N–H and O–H groups in total. The van der Waals surface area contributed by atoms with Crippen LogP contribution in [-0.2, 0) is 14.4 Å². The SMILES string of the molecule is C[C@]12C[C@H](O)[C@H]3[C@@H](CCC4=CC(=O)C(CC(=O)O)C[C@@]43C)[C@@H]1CC[C@@H]2C(=O)CO. The molecule has 6 heteroatoms. The van der Waals surface area contributed by atoms with Crippen LogP contribution in [0.3, 0.4) is 0 Å². The smallest absolute Gasteiger partial charge is 0.304 e. The number of carboxylic acids is 1. The Labute approximate surface area is 171 Å². The number of carbonyl (C=O) groups is 3. The van der Waals surface area contributed by atoms with E-state index in [1.807, 2.05) is 0 Å². The first-order valence-corrected chi connectivity index (χ1v) is 10.9. The lowest BCUT2D eigenvalue weighted by atomic mass is 9.45. The summed E-state index contributed by atoms with van der Waals surface area (Å²) in [5, 5.41) is 30.0. The fraction of sp³-hybridized carbons (Fsp3) is 0.783. The predicted octanol–water partition coefficient (Wildman–Crippen LogP) is 2.37. The van der Waals surface area contributed by atoms with Gasteiger partial charge in [-0.05, 0) is 73.2 Å². The summed E-state index contributed by atoms with van der Waals surface area (Å²) >= 11 is 0. The monoisotopic (exact) mass is 404 g/mol. The van der Waals surface area contributed by atoms with E-state index in [1.54, 1.807) is 6.08 Å². The third-order valence-electron chi connectivity index (χ3n) is 9.02. The van der Waals surface area contributed by atoms with Crippen molar-refractivity contribution in [2.45, 2.75) is 64.9 Å². The molecule has 0 spiro atoms. The van der Waals surface area contributed by atoms with Gasteiger partial charge in [0.2, 0.25) is 0 Å². The van der Waals surface area contributed by atoms with Gasteiger partial charge in [0.25, 0.3) is 0 Å². The molecule has 0 amide bonds. The van der Waals surface area contributed by atoms with Gasteiger partial charge in [0.1, 0.15) is 6.61 Å². The minimum Gasteiger partial charge on any atom is -0.481 e. The van der Waals surface area contributed by atoms with Crippen LogP contribution < -0.4 is 0 Å². The quantitative estimate of drug-likeness (QED) is 0.663. The van der Waals surface area contributed by atoms with Gasteiger partial charge in [0.05, 0.1) is 12.5 Å². The molecule has 6 nitrogen and oxygen atoms in total. The second-order valence-corrected chi connectivity index (χ2v) is 10.4. The molecule has 0 aliphatic heterocycles. The zero-order valence-electron chi connectivity index (χ0n) is 17.3. The van der Waals surface area contributed by atoms with E-state index >= 15 is 0 Å². The Hall–Kier alpha value is -1.53. The van der Waals surface area contributed by atoms with Crippen LogP contribution in [0.25, 0.3) is 0 Å². The third-order valence-corrected chi connectivity index (χ3v) is 9.02. The zero-order chi connectivity index (χ0) is 21.1. The molecule has 4 rings (SSSR count). The number of hydrogen-bond acceptors (Lipinski definition) is 5. The number of aliphatic hydroxyl groups is 2. The van der Waals surface area contributed by atoms with Crippen LogP contribution in [0.5, 0.6) is 0 Å². The maximum atomic E-state index is 12.5. The first-order chi connectivity index (χ1) is 13.6. The predicted molar refractivity (Wildman–Crippen MR) is 105 cm³/mol. The molecule has 4 aliphatic carbocycles. The maximum absolute atomic E-state index is 12.5. The fourth-order valence-electron chi connectivity index (χ4n) is 7.90. The van der Waals surface area contributed by atoms with Crippen LogP contribution in [0.2, 0.25) is 0 Å². The van der Waals surface area contributed by atoms with Crippen molar-refractivity contribution < 1.29 is 29.7 Å². The average molecular weight is 405 g/mol. The van der Waals surface area contributed by atoms with Gasteiger partial charge in [0, 0.05) is 11.8 Å². The van der Waals surface area contributed by atoms with Gasteiger partial charge >= 0.3 is 5.97 Å². The summed E-state index contributed by atoms with van der Waals surface area (Å²) in [6, 6.07) is 0. The van der Waals surface area contributed by atoms with E-state index < -0.39 is 24.6 Å². The van der Waals surface area contributed by atoms with Crippen LogP contribution in [0.15, 0.2) is 11.6 Å². The normalized spacial score (nSPS) is 46.3. The lowest BCUT2D eigenvalue weighted by Crippen LogP contribution is -2.57. The molecule has 0 aromatic rings. The number of allylic oxidation sites excluding steroid dienone is 1. The molecule has 0 heterocycles. The number of aliphatic hydroxyl groups excluding tert-OH is 2. The fourth-order valence-corrected chi connectivity index (χ4v) is 7.90. The summed E-state index contributed by atoms with van der Waals surface area (Å²) in [7, 11) is 0. The highest BCUT2D eigenvalue weighted by molar-refractivity contribution is 5.95. The van der Waals surface area contributed by atoms with Crippen LogP contribution in [0.1, 0.15) is 58.8 Å². The largest absolute Gasteiger partial charge is 0.481 e. The van der Waals surface area contributed by atoms with Crippen LogP contribution in [-0.4, -0.2) is 45.6 Å². The molecular weight excluding hydrogens is 372 g/mol. The van der Waals surface area contributed by atoms with Crippen molar-refractivity contribution in [2.75, 3.05) is 6.61 Å². The van der Waals surface area contributed by atoms with Gasteiger partial charge in [-0.25, -0.2) is 0 Å². The first kappa shape index (κ1) is 20.7. The highest BCUT2D eigenvalue weighted by atomic mass is 16.4. The Morgan fingerprint density at radius 2 is 1.90 bits per heavy atom. The first-order valence-electron chi connectivity index (χ1n) is 10.9. The summed E-state index contributed by atoms with van der Waals surface area (Å²) < 4.78 is 0. The second-order valence-electron chi connectivity index (χ2n) is 10.4. The van der Waals surface area contributed by atoms with Crippen LogP contribution >= 0.6 is 0 Å². The Kier molecular flexibility index (Phi) is 5.02. The lowest BCUT2D eigenvalue weighted by Gasteiger charge is -2.60. The van der Waals surface area contributed by atoms with Gasteiger partial charge in [-0.1, -0.05) is 19.4 Å². The highest BCUT2D eigenvalue weighted by Gasteiger charge is 2.63. The van der Waals surface area contributed by atoms with Crippen molar-refractivity contribution >= 4 is 17.5 Å². The van der Waals surface area contributed by atoms with Gasteiger partial charge in [-0.3, -0.25) is 14.4 Å². The van der Waals surface area contributed by atoms with Crippen molar-refractivity contribution in [3.05, 3.63) is 11.6 Å². The Morgan fingerprint density at radius 1 is 1.17 bits per heavy atom. The molecule has 29 heavy (non-hydrogen) atoms. The molecule has 4 aliphatic rings. The molecule has 0 aromatic heterocycles. The summed E-state index contributed by atoms with van der Waals surface area (Å²) in [5.74, 6) is -1.37. The molecule has 0 aromatic carbocycles. The number of ketones is 2. The van der Waals surface area contributed by atoms with Crippen molar-refractivity contribution in [1.29, 1.82) is 0 Å². The van der Waals surface area contributed by atoms with Gasteiger partial charge in [-0.15, -0.1) is 0 Å². The van der Waals surface area contributed by atoms with E-state index in [-0.39, 0.29) is 46.6 Å². The zero-order valence-corrected chi connectivity index (χ0v) is 17.3. The molecule has 160 valence electrons. The van der Waals surface area contributed by atoms with Crippen LogP contribution in [0, 0.1) is 40.4 Å². The minimum absolute atomic E-state index is 0.0204. The molecular formula is C23H32O6. The Morgan fingerprint density at radius 3 is 2.55 bits per heavy atom. The van der Waals surface area contributed by atoms with Gasteiger partial charge in [-0.2, -0.15) is 0 Å². The molecule has 0 radical (unpaired) electrons. The Balaban J connectivity index is 1.68. The summed E-state index contributed by atoms with van der Waals surface area (Å²) in [6.07, 6.45) is 5.27. The van der Waals surface area contributed by atoms with Crippen molar-refractivity contribution in [3.63, 3.8) is 0 Å². The van der Waals surface area contributed by atoms with Gasteiger partial charge in [0.15, 0.2) is 11.6 Å². The van der Waals surface area contributed by atoms with E-state index in [2.05, 4.69) is 13.8 Å². The summed E-state index contributed by atoms with van der Waals surface area (Å²) in [6.45, 7) is 3.77. The number of carboxylic acid groups (broad SMARTS) is 1. The topological polar surface area (TPSA) is 112 Å². The van der Waals surface area contributed by atoms with Crippen molar-refractivity contribution in [2.24, 2.45) is 40.4 Å². The van der Waals surface area contributed by atoms with Crippen molar-refractivity contribution in [1.82, 2.24) is 0 Å². The number of Topliss-reactive ketones (excluding diaryl/α,β-unsaturated/α-hetero) is 1. The molecule has 8 atom stereocenters. The van der Waals surface area contributed by atoms with E-state index in [0.717, 1.165) is 31.3 Å². The second kappa shape index (κ2) is 7.02. The standard InChI is InChI=1S/C23H32O6/c1-22-9-12(7-20(28)29)17(25)8-13(22)3-4-14-15-5-6-16(19(27)11-24)23(15,2)10-18(26)21(14)22/h8,12,14-16,18,21,24,26H,3-7,9-11H2,1-2H3,(H,28,29)/t12?,14-,15-,16+,18-,21+,22-,23-/m0/s1. The number of aliphatic carboxylic acids is 1. The number of hydrogen-bond donors (Lipinski definition) is 3. The maximum Gasteiger partial charge on any atom is 0.304 e. The summed E-state index contributed by atoms with van der Waals surface area (Å²) in [4.78, 5) is 36.1. The number of rotatable bonds is 4. The van der Waals surface area contributed by atoms with E-state index in [1.165, 1.54) is 0 Å². The molecule has 3 saturated carbocycles. The molecule has 1 unspecified atom stereocenters. The number of fused-ring (bicyclic) bond motifs is 5. The minimum atomic E-state index is -0.964. The van der Waals surface area contributed by atoms with E-state index in [0.29, 0.717) is 18.8 Å². The molecule has 3 fully saturated rings. The van der Waals surface area contributed by atoms with Crippen molar-refractivity contribution in [3.8, 4) is 0 Å². The Bertz CT molecular complexity index is 771. The van der Waals surface area contributed by atoms with Crippen LogP contribution in [0.4, 0.5) is 0 Å². The third kappa shape index (κ3) is 3.02. The van der Waals surface area contributed by atoms with E-state index in [4.69, 9.17) is 0 Å². The molecule has 0 saturated heterocycles.